The Morgan fingerprint density at radius 3 is 2.57 bits per heavy atom. The van der Waals surface area contributed by atoms with E-state index in [1.807, 2.05) is 0 Å². The van der Waals surface area contributed by atoms with Gasteiger partial charge in [-0.25, -0.2) is 4.79 Å². The smallest absolute Gasteiger partial charge is 0.341 e. The number of nitrogens with one attached hydrogen (secondary N) is 1. The highest BCUT2D eigenvalue weighted by Gasteiger charge is 2.46. The normalized spacial score (nSPS) is 16.6. The Morgan fingerprint density at radius 1 is 1.26 bits per heavy atom. The Balaban J connectivity index is 2.23. The number of urea groups is 1. The summed E-state index contributed by atoms with van der Waals surface area (Å²) in [7, 11) is -4.03. The van der Waals surface area contributed by atoms with Crippen molar-refractivity contribution < 1.29 is 31.1 Å². The van der Waals surface area contributed by atoms with E-state index in [0.29, 0.717) is 0 Å². The van der Waals surface area contributed by atoms with E-state index in [0.717, 1.165) is 0 Å². The molecule has 0 unspecified atom stereocenters. The van der Waals surface area contributed by atoms with E-state index in [9.17, 15) is 26.4 Å². The number of hydrogen-bond acceptors (Lipinski definition) is 4. The Bertz CT molecular complexity index is 693. The average Bonchev–Trinajstić information content (AvgIpc) is 2.44. The fourth-order valence-corrected chi connectivity index (χ4v) is 2.52. The van der Waals surface area contributed by atoms with Crippen LogP contribution in [0.3, 0.4) is 0 Å². The van der Waals surface area contributed by atoms with Gasteiger partial charge in [0.15, 0.2) is 0 Å². The van der Waals surface area contributed by atoms with Crippen LogP contribution in [0.15, 0.2) is 24.3 Å². The van der Waals surface area contributed by atoms with Crippen molar-refractivity contribution in [3.63, 3.8) is 0 Å². The molecule has 1 heterocycles. The van der Waals surface area contributed by atoms with Crippen LogP contribution in [0.4, 0.5) is 23.7 Å². The van der Waals surface area contributed by atoms with Gasteiger partial charge in [0.05, 0.1) is 12.2 Å². The van der Waals surface area contributed by atoms with Gasteiger partial charge in [0.1, 0.15) is 13.5 Å². The zero-order chi connectivity index (χ0) is 17.3. The van der Waals surface area contributed by atoms with E-state index < -0.39 is 15.5 Å². The molecule has 11 heteroatoms. The first-order valence-electron chi connectivity index (χ1n) is 6.36. The van der Waals surface area contributed by atoms with Gasteiger partial charge < -0.3 is 9.64 Å². The van der Waals surface area contributed by atoms with Crippen molar-refractivity contribution in [3.8, 4) is 0 Å². The maximum absolute atomic E-state index is 12.5. The SMILES string of the molecule is CN1COCN(Cc2ccccc2NS(=O)(=O)C(F)(F)F)C1=O. The van der Waals surface area contributed by atoms with Crippen LogP contribution in [-0.4, -0.2) is 50.3 Å². The lowest BCUT2D eigenvalue weighted by molar-refractivity contribution is -0.0460. The van der Waals surface area contributed by atoms with E-state index in [4.69, 9.17) is 4.74 Å². The number of carbonyl (C=O) groups excluding carboxylic acids is 1. The highest BCUT2D eigenvalue weighted by molar-refractivity contribution is 7.93. The zero-order valence-corrected chi connectivity index (χ0v) is 12.8. The summed E-state index contributed by atoms with van der Waals surface area (Å²) >= 11 is 0. The minimum absolute atomic E-state index is 0.0382. The van der Waals surface area contributed by atoms with Gasteiger partial charge in [-0.2, -0.15) is 21.6 Å². The van der Waals surface area contributed by atoms with E-state index in [1.165, 1.54) is 45.8 Å². The third kappa shape index (κ3) is 3.85. The Hall–Kier alpha value is -2.01. The molecule has 0 saturated carbocycles. The minimum atomic E-state index is -5.53. The molecule has 1 aromatic carbocycles. The lowest BCUT2D eigenvalue weighted by Gasteiger charge is -2.33. The molecule has 0 spiro atoms. The van der Waals surface area contributed by atoms with Crippen LogP contribution in [0.2, 0.25) is 0 Å². The summed E-state index contributed by atoms with van der Waals surface area (Å²) in [6.45, 7) is -0.0268. The molecular weight excluding hydrogens is 339 g/mol. The average molecular weight is 353 g/mol. The predicted molar refractivity (Wildman–Crippen MR) is 74.6 cm³/mol. The predicted octanol–water partition coefficient (Wildman–Crippen LogP) is 1.75. The molecule has 0 aliphatic carbocycles. The number of amides is 2. The molecule has 1 aromatic rings. The number of sulfonamides is 1. The zero-order valence-electron chi connectivity index (χ0n) is 12.0. The van der Waals surface area contributed by atoms with Crippen molar-refractivity contribution >= 4 is 21.7 Å². The van der Waals surface area contributed by atoms with Crippen LogP contribution in [0, 0.1) is 0 Å². The second kappa shape index (κ2) is 6.24. The standard InChI is InChI=1S/C12H14F3N3O4S/c1-17-7-22-8-18(11(17)19)6-9-4-2-3-5-10(9)16-23(20,21)12(13,14)15/h2-5,16H,6-8H2,1H3. The minimum Gasteiger partial charge on any atom is -0.341 e. The Morgan fingerprint density at radius 2 is 1.91 bits per heavy atom. The summed E-state index contributed by atoms with van der Waals surface area (Å²) in [5, 5.41) is 0. The molecule has 7 nitrogen and oxygen atoms in total. The van der Waals surface area contributed by atoms with Crippen LogP contribution >= 0.6 is 0 Å². The number of ether oxygens (including phenoxy) is 1. The summed E-state index contributed by atoms with van der Waals surface area (Å²) in [6.07, 6.45) is 0. The van der Waals surface area contributed by atoms with Crippen LogP contribution in [-0.2, 0) is 21.3 Å². The molecular formula is C12H14F3N3O4S. The van der Waals surface area contributed by atoms with Gasteiger partial charge in [0.25, 0.3) is 0 Å². The maximum Gasteiger partial charge on any atom is 0.516 e. The van der Waals surface area contributed by atoms with E-state index >= 15 is 0 Å². The van der Waals surface area contributed by atoms with Gasteiger partial charge in [-0.15, -0.1) is 0 Å². The number of alkyl halides is 3. The highest BCUT2D eigenvalue weighted by atomic mass is 32.2. The Kier molecular flexibility index (Phi) is 4.71. The largest absolute Gasteiger partial charge is 0.516 e. The third-order valence-electron chi connectivity index (χ3n) is 3.06. The highest BCUT2D eigenvalue weighted by Crippen LogP contribution is 2.27. The topological polar surface area (TPSA) is 79.0 Å². The van der Waals surface area contributed by atoms with Gasteiger partial charge in [-0.05, 0) is 11.6 Å². The second-order valence-corrected chi connectivity index (χ2v) is 6.52. The van der Waals surface area contributed by atoms with E-state index in [2.05, 4.69) is 0 Å². The van der Waals surface area contributed by atoms with Gasteiger partial charge in [-0.3, -0.25) is 9.62 Å². The second-order valence-electron chi connectivity index (χ2n) is 4.85. The maximum atomic E-state index is 12.5. The van der Waals surface area contributed by atoms with Crippen LogP contribution in [0.5, 0.6) is 0 Å². The summed E-state index contributed by atoms with van der Waals surface area (Å²) in [5.41, 5.74) is -5.46. The number of hydrogen-bond donors (Lipinski definition) is 1. The first kappa shape index (κ1) is 17.3. The van der Waals surface area contributed by atoms with Gasteiger partial charge in [-0.1, -0.05) is 18.2 Å². The molecule has 1 saturated heterocycles. The molecule has 128 valence electrons. The van der Waals surface area contributed by atoms with Gasteiger partial charge in [0.2, 0.25) is 0 Å². The monoisotopic (exact) mass is 353 g/mol. The van der Waals surface area contributed by atoms with Crippen molar-refractivity contribution in [3.05, 3.63) is 29.8 Å². The van der Waals surface area contributed by atoms with Crippen molar-refractivity contribution in [2.75, 3.05) is 25.2 Å². The third-order valence-corrected chi connectivity index (χ3v) is 4.15. The number of halogens is 3. The summed E-state index contributed by atoms with van der Waals surface area (Å²) in [5.74, 6) is 0. The lowest BCUT2D eigenvalue weighted by Crippen LogP contribution is -2.48. The number of nitrogens with zero attached hydrogens (tertiary/aromatic N) is 2. The molecule has 1 aliphatic rings. The molecule has 1 N–H and O–H groups in total. The number of rotatable bonds is 4. The molecule has 1 fully saturated rings. The van der Waals surface area contributed by atoms with E-state index in [-0.39, 0.29) is 37.3 Å². The molecule has 0 radical (unpaired) electrons. The Labute approximate surface area is 130 Å². The molecule has 2 rings (SSSR count). The van der Waals surface area contributed by atoms with E-state index in [1.54, 1.807) is 0 Å². The lowest BCUT2D eigenvalue weighted by atomic mass is 10.2. The number of para-hydroxylation sites is 1. The first-order valence-corrected chi connectivity index (χ1v) is 7.85. The van der Waals surface area contributed by atoms with Crippen LogP contribution in [0.25, 0.3) is 0 Å². The van der Waals surface area contributed by atoms with Crippen molar-refractivity contribution in [1.82, 2.24) is 9.80 Å². The van der Waals surface area contributed by atoms with Gasteiger partial charge >= 0.3 is 21.6 Å². The van der Waals surface area contributed by atoms with Crippen LogP contribution < -0.4 is 4.72 Å². The molecule has 0 bridgehead atoms. The summed E-state index contributed by atoms with van der Waals surface area (Å²) < 4.78 is 66.6. The fraction of sp³-hybridized carbons (Fsp3) is 0.417. The number of carbonyl (C=O) groups is 1. The summed E-state index contributed by atoms with van der Waals surface area (Å²) in [4.78, 5) is 14.5. The molecule has 0 atom stereocenters. The quantitative estimate of drug-likeness (QED) is 0.894. The molecule has 0 aromatic heterocycles. The van der Waals surface area contributed by atoms with Crippen molar-refractivity contribution in [2.45, 2.75) is 12.1 Å². The number of anilines is 1. The number of benzene rings is 1. The van der Waals surface area contributed by atoms with Crippen molar-refractivity contribution in [2.24, 2.45) is 0 Å². The van der Waals surface area contributed by atoms with Crippen molar-refractivity contribution in [1.29, 1.82) is 0 Å². The molecule has 1 aliphatic heterocycles. The molecule has 23 heavy (non-hydrogen) atoms. The molecule has 2 amide bonds. The van der Waals surface area contributed by atoms with Crippen LogP contribution in [0.1, 0.15) is 5.56 Å². The fourth-order valence-electron chi connectivity index (χ4n) is 1.92. The van der Waals surface area contributed by atoms with Gasteiger partial charge in [0, 0.05) is 7.05 Å². The summed E-state index contributed by atoms with van der Waals surface area (Å²) in [6, 6.07) is 5.16. The first-order chi connectivity index (χ1) is 10.6.